The summed E-state index contributed by atoms with van der Waals surface area (Å²) >= 11 is 12.4. The maximum atomic E-state index is 6.21. The van der Waals surface area contributed by atoms with Gasteiger partial charge in [0.1, 0.15) is 0 Å². The molecule has 2 aromatic carbocycles. The van der Waals surface area contributed by atoms with Gasteiger partial charge in [-0.1, -0.05) is 86.0 Å². The fourth-order valence-electron chi connectivity index (χ4n) is 4.94. The van der Waals surface area contributed by atoms with Gasteiger partial charge in [-0.25, -0.2) is 9.50 Å². The molecule has 3 nitrogen and oxygen atoms in total. The van der Waals surface area contributed by atoms with Crippen LogP contribution in [0.5, 0.6) is 0 Å². The highest BCUT2D eigenvalue weighted by molar-refractivity contribution is 6.30. The maximum Gasteiger partial charge on any atom is 0.163 e. The van der Waals surface area contributed by atoms with Crippen molar-refractivity contribution in [2.24, 2.45) is 0 Å². The molecule has 0 fully saturated rings. The summed E-state index contributed by atoms with van der Waals surface area (Å²) in [6.45, 7) is 0. The molecular weight excluding hydrogens is 449 g/mol. The molecule has 0 saturated carbocycles. The Labute approximate surface area is 205 Å². The zero-order valence-electron chi connectivity index (χ0n) is 18.9. The van der Waals surface area contributed by atoms with E-state index in [0.29, 0.717) is 0 Å². The van der Waals surface area contributed by atoms with E-state index in [1.807, 2.05) is 42.6 Å². The number of benzene rings is 2. The highest BCUT2D eigenvalue weighted by atomic mass is 35.5. The van der Waals surface area contributed by atoms with E-state index in [2.05, 4.69) is 16.6 Å². The molecule has 2 aromatic heterocycles. The summed E-state index contributed by atoms with van der Waals surface area (Å²) in [5, 5.41) is 6.32. The molecule has 2 heterocycles. The van der Waals surface area contributed by atoms with Crippen LogP contribution < -0.4 is 0 Å². The first-order valence-electron chi connectivity index (χ1n) is 12.1. The fourth-order valence-corrected chi connectivity index (χ4v) is 5.19. The second-order valence-electron chi connectivity index (χ2n) is 9.02. The van der Waals surface area contributed by atoms with Gasteiger partial charge in [-0.2, -0.15) is 5.10 Å². The molecule has 0 bridgehead atoms. The van der Waals surface area contributed by atoms with E-state index < -0.39 is 0 Å². The molecule has 0 aliphatic heterocycles. The van der Waals surface area contributed by atoms with Gasteiger partial charge < -0.3 is 0 Å². The van der Waals surface area contributed by atoms with E-state index in [-0.39, 0.29) is 0 Å². The third-order valence-electron chi connectivity index (χ3n) is 6.71. The van der Waals surface area contributed by atoms with Crippen LogP contribution in [0.25, 0.3) is 28.0 Å². The van der Waals surface area contributed by atoms with E-state index in [9.17, 15) is 0 Å². The lowest BCUT2D eigenvalue weighted by atomic mass is 9.94. The predicted molar refractivity (Wildman–Crippen MR) is 138 cm³/mol. The standard InChI is InChI=1S/C28H29Cl2N3/c29-22-15-11-20(12-16-22)25-19-31-33-26-10-8-6-4-2-1-3-5-7-9-24(26)27(32-28(25)33)21-13-17-23(30)18-14-21/h11-19H,1-10H2. The lowest BCUT2D eigenvalue weighted by molar-refractivity contribution is 0.553. The Morgan fingerprint density at radius 3 is 1.82 bits per heavy atom. The van der Waals surface area contributed by atoms with Crippen LogP contribution in [-0.4, -0.2) is 14.6 Å². The Bertz CT molecular complexity index is 1230. The van der Waals surface area contributed by atoms with Crippen LogP contribution in [0.15, 0.2) is 54.7 Å². The lowest BCUT2D eigenvalue weighted by Crippen LogP contribution is -2.10. The van der Waals surface area contributed by atoms with Gasteiger partial charge in [0, 0.05) is 32.4 Å². The van der Waals surface area contributed by atoms with Crippen molar-refractivity contribution in [1.29, 1.82) is 0 Å². The zero-order valence-corrected chi connectivity index (χ0v) is 20.4. The van der Waals surface area contributed by atoms with Gasteiger partial charge in [0.25, 0.3) is 0 Å². The Kier molecular flexibility index (Phi) is 6.99. The summed E-state index contributed by atoms with van der Waals surface area (Å²) in [5.74, 6) is 0. The van der Waals surface area contributed by atoms with Crippen molar-refractivity contribution < 1.29 is 0 Å². The van der Waals surface area contributed by atoms with Crippen LogP contribution in [0.1, 0.15) is 62.6 Å². The third-order valence-corrected chi connectivity index (χ3v) is 7.22. The summed E-state index contributed by atoms with van der Waals surface area (Å²) in [5.41, 5.74) is 7.87. The summed E-state index contributed by atoms with van der Waals surface area (Å²) in [4.78, 5) is 5.24. The first-order chi connectivity index (χ1) is 16.2. The number of halogens is 2. The average Bonchev–Trinajstić information content (AvgIpc) is 3.24. The largest absolute Gasteiger partial charge is 0.228 e. The van der Waals surface area contributed by atoms with Crippen LogP contribution in [0.3, 0.4) is 0 Å². The SMILES string of the molecule is Clc1ccc(-c2nc3c(-c4ccc(Cl)cc4)cnn3c3c2CCCCCCCCCC3)cc1. The van der Waals surface area contributed by atoms with Crippen LogP contribution in [0.2, 0.25) is 10.0 Å². The molecule has 0 atom stereocenters. The molecular formula is C28H29Cl2N3. The predicted octanol–water partition coefficient (Wildman–Crippen LogP) is 8.59. The number of aromatic nitrogens is 3. The van der Waals surface area contributed by atoms with Crippen molar-refractivity contribution in [2.75, 3.05) is 0 Å². The molecule has 0 amide bonds. The molecule has 5 rings (SSSR count). The summed E-state index contributed by atoms with van der Waals surface area (Å²) in [6, 6.07) is 16.0. The van der Waals surface area contributed by atoms with Crippen molar-refractivity contribution in [3.63, 3.8) is 0 Å². The monoisotopic (exact) mass is 477 g/mol. The van der Waals surface area contributed by atoms with Crippen molar-refractivity contribution in [3.8, 4) is 22.4 Å². The molecule has 1 aliphatic carbocycles. The first kappa shape index (κ1) is 22.4. The van der Waals surface area contributed by atoms with Crippen LogP contribution in [-0.2, 0) is 12.8 Å². The highest BCUT2D eigenvalue weighted by Gasteiger charge is 2.20. The minimum Gasteiger partial charge on any atom is -0.228 e. The van der Waals surface area contributed by atoms with Gasteiger partial charge >= 0.3 is 0 Å². The second-order valence-corrected chi connectivity index (χ2v) is 9.89. The molecule has 5 heteroatoms. The van der Waals surface area contributed by atoms with Gasteiger partial charge in [0.2, 0.25) is 0 Å². The minimum atomic E-state index is 0.731. The van der Waals surface area contributed by atoms with E-state index in [1.165, 1.54) is 62.6 Å². The quantitative estimate of drug-likeness (QED) is 0.289. The van der Waals surface area contributed by atoms with Crippen LogP contribution in [0, 0.1) is 0 Å². The van der Waals surface area contributed by atoms with E-state index in [0.717, 1.165) is 50.9 Å². The molecule has 170 valence electrons. The lowest BCUT2D eigenvalue weighted by Gasteiger charge is -2.18. The van der Waals surface area contributed by atoms with Gasteiger partial charge in [-0.3, -0.25) is 0 Å². The van der Waals surface area contributed by atoms with Gasteiger partial charge in [-0.05, 0) is 55.5 Å². The summed E-state index contributed by atoms with van der Waals surface area (Å²) < 4.78 is 2.10. The Morgan fingerprint density at radius 2 is 1.18 bits per heavy atom. The number of aryl methyl sites for hydroxylation is 1. The van der Waals surface area contributed by atoms with Gasteiger partial charge in [0.05, 0.1) is 11.9 Å². The number of rotatable bonds is 2. The van der Waals surface area contributed by atoms with E-state index >= 15 is 0 Å². The van der Waals surface area contributed by atoms with Crippen molar-refractivity contribution >= 4 is 28.8 Å². The normalized spacial score (nSPS) is 15.6. The second kappa shape index (κ2) is 10.3. The fraction of sp³-hybridized carbons (Fsp3) is 0.357. The molecule has 0 unspecified atom stereocenters. The topological polar surface area (TPSA) is 30.2 Å². The number of hydrogen-bond acceptors (Lipinski definition) is 2. The molecule has 1 aliphatic rings. The molecule has 33 heavy (non-hydrogen) atoms. The number of fused-ring (bicyclic) bond motifs is 3. The summed E-state index contributed by atoms with van der Waals surface area (Å²) in [7, 11) is 0. The molecule has 4 aromatic rings. The Hall–Kier alpha value is -2.36. The minimum absolute atomic E-state index is 0.731. The Morgan fingerprint density at radius 1 is 0.636 bits per heavy atom. The first-order valence-corrected chi connectivity index (χ1v) is 12.9. The summed E-state index contributed by atoms with van der Waals surface area (Å²) in [6.07, 6.45) is 14.3. The van der Waals surface area contributed by atoms with Gasteiger partial charge in [-0.15, -0.1) is 0 Å². The van der Waals surface area contributed by atoms with E-state index in [1.54, 1.807) is 0 Å². The molecule has 0 radical (unpaired) electrons. The maximum absolute atomic E-state index is 6.21. The zero-order chi connectivity index (χ0) is 22.6. The molecule has 0 spiro atoms. The van der Waals surface area contributed by atoms with Crippen LogP contribution in [0.4, 0.5) is 0 Å². The number of nitrogens with zero attached hydrogens (tertiary/aromatic N) is 3. The highest BCUT2D eigenvalue weighted by Crippen LogP contribution is 2.33. The van der Waals surface area contributed by atoms with Crippen molar-refractivity contribution in [2.45, 2.75) is 64.2 Å². The van der Waals surface area contributed by atoms with Crippen molar-refractivity contribution in [3.05, 3.63) is 76.0 Å². The van der Waals surface area contributed by atoms with E-state index in [4.69, 9.17) is 33.3 Å². The average molecular weight is 478 g/mol. The Balaban J connectivity index is 1.70. The van der Waals surface area contributed by atoms with Crippen LogP contribution >= 0.6 is 23.2 Å². The smallest absolute Gasteiger partial charge is 0.163 e. The molecule has 0 saturated heterocycles. The third kappa shape index (κ3) is 4.95. The van der Waals surface area contributed by atoms with Crippen molar-refractivity contribution in [1.82, 2.24) is 14.6 Å². The number of hydrogen-bond donors (Lipinski definition) is 0. The molecule has 0 N–H and O–H groups in total. The van der Waals surface area contributed by atoms with Gasteiger partial charge in [0.15, 0.2) is 5.65 Å².